The van der Waals surface area contributed by atoms with Gasteiger partial charge in [-0.3, -0.25) is 9.59 Å². The van der Waals surface area contributed by atoms with Crippen molar-refractivity contribution in [3.05, 3.63) is 64.0 Å². The van der Waals surface area contributed by atoms with Gasteiger partial charge in [-0.05, 0) is 17.5 Å². The van der Waals surface area contributed by atoms with Crippen LogP contribution in [0.5, 0.6) is 0 Å². The van der Waals surface area contributed by atoms with Crippen molar-refractivity contribution in [2.24, 2.45) is 0 Å². The lowest BCUT2D eigenvalue weighted by atomic mass is 9.86. The number of hydrogen-bond acceptors (Lipinski definition) is 4. The van der Waals surface area contributed by atoms with E-state index in [-0.39, 0.29) is 23.8 Å². The molecule has 1 aliphatic heterocycles. The largest absolute Gasteiger partial charge is 0.310 e. The van der Waals surface area contributed by atoms with E-state index in [1.165, 1.54) is 17.3 Å². The number of thioether (sulfide) groups is 1. The topological polar surface area (TPSA) is 74.8 Å². The van der Waals surface area contributed by atoms with E-state index in [2.05, 4.69) is 28.8 Å². The number of amides is 1. The van der Waals surface area contributed by atoms with E-state index in [0.29, 0.717) is 22.3 Å². The molecule has 1 aliphatic rings. The number of benzene rings is 1. The third-order valence-electron chi connectivity index (χ3n) is 4.06. The van der Waals surface area contributed by atoms with Gasteiger partial charge >= 0.3 is 0 Å². The number of nitrogens with one attached hydrogen (secondary N) is 2. The van der Waals surface area contributed by atoms with Crippen molar-refractivity contribution < 1.29 is 4.79 Å². The lowest BCUT2D eigenvalue weighted by molar-refractivity contribution is -0.116. The van der Waals surface area contributed by atoms with Crippen LogP contribution in [0.25, 0.3) is 0 Å². The Labute approximate surface area is 144 Å². The molecule has 0 spiro atoms. The highest BCUT2D eigenvalue weighted by atomic mass is 32.2. The number of hydrogen-bond donors (Lipinski definition) is 2. The summed E-state index contributed by atoms with van der Waals surface area (Å²) < 4.78 is 0. The van der Waals surface area contributed by atoms with Crippen LogP contribution in [-0.4, -0.2) is 21.6 Å². The first-order valence-corrected chi connectivity index (χ1v) is 8.87. The van der Waals surface area contributed by atoms with Crippen LogP contribution in [0.2, 0.25) is 0 Å². The molecule has 24 heavy (non-hydrogen) atoms. The smallest absolute Gasteiger partial charge is 0.257 e. The van der Waals surface area contributed by atoms with Gasteiger partial charge in [-0.1, -0.05) is 49.0 Å². The first-order valence-electron chi connectivity index (χ1n) is 7.89. The molecule has 0 saturated heterocycles. The first kappa shape index (κ1) is 16.5. The minimum Gasteiger partial charge on any atom is -0.310 e. The predicted molar refractivity (Wildman–Crippen MR) is 96.7 cm³/mol. The number of anilines is 1. The van der Waals surface area contributed by atoms with Gasteiger partial charge in [-0.25, -0.2) is 4.98 Å². The van der Waals surface area contributed by atoms with Crippen molar-refractivity contribution in [3.8, 4) is 0 Å². The number of aryl methyl sites for hydroxylation is 1. The van der Waals surface area contributed by atoms with Crippen LogP contribution in [0.15, 0.2) is 46.9 Å². The molecule has 0 fully saturated rings. The molecule has 0 bridgehead atoms. The lowest BCUT2D eigenvalue weighted by Gasteiger charge is -2.24. The van der Waals surface area contributed by atoms with Crippen molar-refractivity contribution in [1.82, 2.24) is 9.97 Å². The van der Waals surface area contributed by atoms with E-state index in [4.69, 9.17) is 0 Å². The van der Waals surface area contributed by atoms with Crippen LogP contribution in [0.3, 0.4) is 0 Å². The SMILES string of the molecule is C=CCSc1nc2c(c(=O)[nH]1)[C@H](c1ccc(CC)cc1)CC(=O)N2. The second kappa shape index (κ2) is 7.05. The summed E-state index contributed by atoms with van der Waals surface area (Å²) >= 11 is 1.37. The Balaban J connectivity index is 2.03. The van der Waals surface area contributed by atoms with Gasteiger partial charge in [-0.2, -0.15) is 0 Å². The molecule has 0 radical (unpaired) electrons. The Bertz CT molecular complexity index is 827. The highest BCUT2D eigenvalue weighted by Gasteiger charge is 2.30. The first-order chi connectivity index (χ1) is 11.6. The van der Waals surface area contributed by atoms with Crippen molar-refractivity contribution in [3.63, 3.8) is 0 Å². The lowest BCUT2D eigenvalue weighted by Crippen LogP contribution is -2.31. The average molecular weight is 341 g/mol. The molecule has 1 amide bonds. The molecule has 1 aromatic carbocycles. The fourth-order valence-corrected chi connectivity index (χ4v) is 3.42. The molecule has 2 N–H and O–H groups in total. The molecule has 6 heteroatoms. The van der Waals surface area contributed by atoms with E-state index in [0.717, 1.165) is 12.0 Å². The number of carbonyl (C=O) groups is 1. The fraction of sp³-hybridized carbons (Fsp3) is 0.278. The van der Waals surface area contributed by atoms with Crippen LogP contribution in [0, 0.1) is 0 Å². The second-order valence-corrected chi connectivity index (χ2v) is 6.64. The molecule has 1 aromatic heterocycles. The molecule has 3 rings (SSSR count). The summed E-state index contributed by atoms with van der Waals surface area (Å²) in [4.78, 5) is 31.9. The van der Waals surface area contributed by atoms with E-state index < -0.39 is 0 Å². The minimum absolute atomic E-state index is 0.121. The monoisotopic (exact) mass is 341 g/mol. The number of nitrogens with zero attached hydrogens (tertiary/aromatic N) is 1. The van der Waals surface area contributed by atoms with Gasteiger partial charge < -0.3 is 10.3 Å². The molecule has 0 unspecified atom stereocenters. The number of aromatic nitrogens is 2. The summed E-state index contributed by atoms with van der Waals surface area (Å²) in [5, 5.41) is 3.22. The molecule has 1 atom stereocenters. The highest BCUT2D eigenvalue weighted by Crippen LogP contribution is 2.34. The fourth-order valence-electron chi connectivity index (χ4n) is 2.83. The Hall–Kier alpha value is -2.34. The van der Waals surface area contributed by atoms with E-state index in [9.17, 15) is 9.59 Å². The summed E-state index contributed by atoms with van der Waals surface area (Å²) in [6, 6.07) is 8.06. The number of fused-ring (bicyclic) bond motifs is 1. The Morgan fingerprint density at radius 3 is 2.75 bits per heavy atom. The number of rotatable bonds is 5. The van der Waals surface area contributed by atoms with Gasteiger partial charge in [-0.15, -0.1) is 6.58 Å². The normalized spacial score (nSPS) is 16.4. The number of H-pyrrole nitrogens is 1. The van der Waals surface area contributed by atoms with Crippen LogP contribution >= 0.6 is 11.8 Å². The molecule has 2 aromatic rings. The minimum atomic E-state index is -0.269. The van der Waals surface area contributed by atoms with Gasteiger partial charge in [0, 0.05) is 18.1 Å². The second-order valence-electron chi connectivity index (χ2n) is 5.63. The van der Waals surface area contributed by atoms with E-state index in [1.54, 1.807) is 6.08 Å². The van der Waals surface area contributed by atoms with Crippen molar-refractivity contribution in [2.45, 2.75) is 30.8 Å². The van der Waals surface area contributed by atoms with E-state index in [1.807, 2.05) is 24.3 Å². The van der Waals surface area contributed by atoms with E-state index >= 15 is 0 Å². The van der Waals surface area contributed by atoms with Crippen LogP contribution < -0.4 is 10.9 Å². The Kier molecular flexibility index (Phi) is 4.85. The van der Waals surface area contributed by atoms with Gasteiger partial charge in [0.25, 0.3) is 5.56 Å². The van der Waals surface area contributed by atoms with Gasteiger partial charge in [0.05, 0.1) is 5.56 Å². The maximum atomic E-state index is 12.6. The van der Waals surface area contributed by atoms with Crippen LogP contribution in [0.1, 0.15) is 36.0 Å². The summed E-state index contributed by atoms with van der Waals surface area (Å²) in [6.45, 7) is 5.75. The maximum Gasteiger partial charge on any atom is 0.257 e. The zero-order chi connectivity index (χ0) is 17.1. The van der Waals surface area contributed by atoms with Gasteiger partial charge in [0.15, 0.2) is 5.16 Å². The van der Waals surface area contributed by atoms with Crippen molar-refractivity contribution in [2.75, 3.05) is 11.1 Å². The molecular weight excluding hydrogens is 322 g/mol. The Morgan fingerprint density at radius 1 is 1.33 bits per heavy atom. The average Bonchev–Trinajstić information content (AvgIpc) is 2.59. The quantitative estimate of drug-likeness (QED) is 0.498. The summed E-state index contributed by atoms with van der Waals surface area (Å²) in [5.74, 6) is 0.614. The number of aromatic amines is 1. The van der Waals surface area contributed by atoms with Gasteiger partial charge in [0.2, 0.25) is 5.91 Å². The molecule has 0 aliphatic carbocycles. The zero-order valence-corrected chi connectivity index (χ0v) is 14.3. The van der Waals surface area contributed by atoms with Gasteiger partial charge in [0.1, 0.15) is 5.82 Å². The summed E-state index contributed by atoms with van der Waals surface area (Å²) in [6.07, 6.45) is 2.94. The highest BCUT2D eigenvalue weighted by molar-refractivity contribution is 7.99. The molecule has 2 heterocycles. The third-order valence-corrected chi connectivity index (χ3v) is 4.93. The third kappa shape index (κ3) is 3.28. The number of carbonyl (C=O) groups excluding carboxylic acids is 1. The summed E-state index contributed by atoms with van der Waals surface area (Å²) in [7, 11) is 0. The van der Waals surface area contributed by atoms with Crippen molar-refractivity contribution >= 4 is 23.5 Å². The molecule has 5 nitrogen and oxygen atoms in total. The summed E-state index contributed by atoms with van der Waals surface area (Å²) in [5.41, 5.74) is 2.52. The molecule has 0 saturated carbocycles. The molecular formula is C18H19N3O2S. The standard InChI is InChI=1S/C18H19N3O2S/c1-3-9-24-18-20-16-15(17(23)21-18)13(10-14(22)19-16)12-7-5-11(4-2)6-8-12/h3,5-8,13H,1,4,9-10H2,2H3,(H2,19,20,21,22,23)/t13-/m0/s1. The van der Waals surface area contributed by atoms with Crippen molar-refractivity contribution in [1.29, 1.82) is 0 Å². The predicted octanol–water partition coefficient (Wildman–Crippen LogP) is 3.08. The molecule has 124 valence electrons. The van der Waals surface area contributed by atoms with Crippen LogP contribution in [-0.2, 0) is 11.2 Å². The maximum absolute atomic E-state index is 12.6. The Morgan fingerprint density at radius 2 is 2.08 bits per heavy atom. The zero-order valence-electron chi connectivity index (χ0n) is 13.5. The van der Waals surface area contributed by atoms with Crippen LogP contribution in [0.4, 0.5) is 5.82 Å².